The van der Waals surface area contributed by atoms with Gasteiger partial charge >= 0.3 is 13.1 Å². The molecule has 0 atom stereocenters. The van der Waals surface area contributed by atoms with E-state index in [4.69, 9.17) is 14.4 Å². The molecule has 6 heteroatoms. The molecule has 5 nitrogen and oxygen atoms in total. The first-order chi connectivity index (χ1) is 8.14. The maximum Gasteiger partial charge on any atom is 0.512 e. The van der Waals surface area contributed by atoms with Crippen molar-refractivity contribution in [3.8, 4) is 0 Å². The first-order valence-corrected chi connectivity index (χ1v) is 5.89. The zero-order valence-corrected chi connectivity index (χ0v) is 11.4. The summed E-state index contributed by atoms with van der Waals surface area (Å²) in [6, 6.07) is 1.59. The molecular weight excluding hydrogens is 233 g/mol. The second-order valence-corrected chi connectivity index (χ2v) is 5.66. The normalized spacial score (nSPS) is 21.3. The minimum atomic E-state index is -0.951. The van der Waals surface area contributed by atoms with Crippen molar-refractivity contribution in [3.05, 3.63) is 17.8 Å². The first-order valence-electron chi connectivity index (χ1n) is 5.89. The van der Waals surface area contributed by atoms with Crippen molar-refractivity contribution in [3.63, 3.8) is 0 Å². The van der Waals surface area contributed by atoms with Gasteiger partial charge in [0.2, 0.25) is 0 Å². The summed E-state index contributed by atoms with van der Waals surface area (Å²) in [7, 11) is 1.25. The summed E-state index contributed by atoms with van der Waals surface area (Å²) in [6.45, 7) is 7.87. The van der Waals surface area contributed by atoms with Crippen LogP contribution in [0.5, 0.6) is 0 Å². The van der Waals surface area contributed by atoms with Crippen LogP contribution in [0.15, 0.2) is 12.3 Å². The van der Waals surface area contributed by atoms with Crippen LogP contribution in [0, 0.1) is 0 Å². The molecule has 1 aliphatic heterocycles. The van der Waals surface area contributed by atoms with Gasteiger partial charge in [-0.2, -0.15) is 0 Å². The molecule has 2 rings (SSSR count). The van der Waals surface area contributed by atoms with Gasteiger partial charge in [-0.25, -0.2) is 4.79 Å². The number of aromatic nitrogens is 1. The van der Waals surface area contributed by atoms with E-state index < -0.39 is 24.3 Å². The van der Waals surface area contributed by atoms with Gasteiger partial charge in [-0.05, 0) is 33.8 Å². The molecule has 1 N–H and O–H groups in total. The van der Waals surface area contributed by atoms with Crippen LogP contribution < -0.4 is 5.59 Å². The maximum atomic E-state index is 10.9. The first kappa shape index (κ1) is 13.2. The Hall–Kier alpha value is -1.27. The molecule has 0 unspecified atom stereocenters. The molecule has 1 aliphatic rings. The van der Waals surface area contributed by atoms with Crippen LogP contribution in [0.2, 0.25) is 0 Å². The van der Waals surface area contributed by atoms with E-state index in [1.807, 2.05) is 27.7 Å². The topological polar surface area (TPSA) is 60.7 Å². The Bertz CT molecular complexity index is 476. The highest BCUT2D eigenvalue weighted by atomic mass is 16.7. The van der Waals surface area contributed by atoms with E-state index in [2.05, 4.69) is 0 Å². The number of hydrogen-bond acceptors (Lipinski definition) is 3. The number of rotatable bonds is 2. The lowest BCUT2D eigenvalue weighted by Gasteiger charge is -2.32. The molecule has 0 saturated carbocycles. The summed E-state index contributed by atoms with van der Waals surface area (Å²) in [5.74, 6) is -0.951. The van der Waals surface area contributed by atoms with E-state index in [0.29, 0.717) is 5.59 Å². The van der Waals surface area contributed by atoms with Crippen molar-refractivity contribution in [2.24, 2.45) is 7.05 Å². The van der Waals surface area contributed by atoms with Gasteiger partial charge in [0.1, 0.15) is 0 Å². The molecule has 0 amide bonds. The largest absolute Gasteiger partial charge is 0.512 e. The van der Waals surface area contributed by atoms with Gasteiger partial charge in [-0.1, -0.05) is 0 Å². The van der Waals surface area contributed by atoms with Crippen LogP contribution in [0.25, 0.3) is 0 Å². The number of aryl methyl sites for hydroxylation is 1. The molecule has 0 aliphatic carbocycles. The number of hydrogen-bond donors (Lipinski definition) is 1. The average molecular weight is 251 g/mol. The van der Waals surface area contributed by atoms with Crippen LogP contribution >= 0.6 is 0 Å². The highest BCUT2D eigenvalue weighted by molar-refractivity contribution is 6.61. The van der Waals surface area contributed by atoms with Crippen molar-refractivity contribution >= 4 is 18.7 Å². The highest BCUT2D eigenvalue weighted by Gasteiger charge is 2.52. The Kier molecular flexibility index (Phi) is 2.83. The van der Waals surface area contributed by atoms with E-state index in [1.54, 1.807) is 23.9 Å². The van der Waals surface area contributed by atoms with E-state index in [-0.39, 0.29) is 5.56 Å². The second-order valence-electron chi connectivity index (χ2n) is 5.66. The molecule has 1 aromatic rings. The van der Waals surface area contributed by atoms with E-state index in [9.17, 15) is 4.79 Å². The predicted molar refractivity (Wildman–Crippen MR) is 68.1 cm³/mol. The van der Waals surface area contributed by atoms with Crippen LogP contribution in [-0.4, -0.2) is 34.0 Å². The van der Waals surface area contributed by atoms with Crippen LogP contribution in [0.4, 0.5) is 0 Å². The molecule has 0 bridgehead atoms. The fraction of sp³-hybridized carbons (Fsp3) is 0.583. The van der Waals surface area contributed by atoms with Crippen LogP contribution in [0.3, 0.4) is 0 Å². The third kappa shape index (κ3) is 1.95. The summed E-state index contributed by atoms with van der Waals surface area (Å²) in [6.07, 6.45) is 1.56. The number of carboxylic acids is 1. The molecule has 0 aromatic carbocycles. The number of aromatic carboxylic acids is 1. The minimum absolute atomic E-state index is 0.238. The minimum Gasteiger partial charge on any atom is -0.478 e. The maximum absolute atomic E-state index is 10.9. The Morgan fingerprint density at radius 1 is 1.28 bits per heavy atom. The van der Waals surface area contributed by atoms with Crippen molar-refractivity contribution in [1.82, 2.24) is 4.57 Å². The van der Waals surface area contributed by atoms with Crippen molar-refractivity contribution < 1.29 is 19.2 Å². The smallest absolute Gasteiger partial charge is 0.478 e. The Morgan fingerprint density at radius 2 is 1.78 bits per heavy atom. The van der Waals surface area contributed by atoms with E-state index in [1.165, 1.54) is 0 Å². The van der Waals surface area contributed by atoms with Gasteiger partial charge in [-0.3, -0.25) is 0 Å². The second kappa shape index (κ2) is 3.86. The Morgan fingerprint density at radius 3 is 2.17 bits per heavy atom. The average Bonchev–Trinajstić information content (AvgIpc) is 2.66. The standard InChI is InChI=1S/C12H18BNO4/c1-11(2)12(3,4)18-13(17-11)9-6-8(10(15)16)7-14(9)5/h6-7H,1-5H3,(H,15,16). The fourth-order valence-electron chi connectivity index (χ4n) is 1.90. The monoisotopic (exact) mass is 251 g/mol. The Balaban J connectivity index is 2.32. The van der Waals surface area contributed by atoms with Crippen molar-refractivity contribution in [2.45, 2.75) is 38.9 Å². The predicted octanol–water partition coefficient (Wildman–Crippen LogP) is 1.02. The Labute approximate surface area is 107 Å². The number of carbonyl (C=O) groups is 1. The fourth-order valence-corrected chi connectivity index (χ4v) is 1.90. The molecule has 98 valence electrons. The number of carboxylic acid groups (broad SMARTS) is 1. The quantitative estimate of drug-likeness (QED) is 0.797. The van der Waals surface area contributed by atoms with Gasteiger partial charge in [0, 0.05) is 18.8 Å². The van der Waals surface area contributed by atoms with Crippen LogP contribution in [-0.2, 0) is 16.4 Å². The summed E-state index contributed by atoms with van der Waals surface area (Å²) >= 11 is 0. The zero-order valence-electron chi connectivity index (χ0n) is 11.4. The lowest BCUT2D eigenvalue weighted by Crippen LogP contribution is -2.41. The molecule has 0 spiro atoms. The van der Waals surface area contributed by atoms with Crippen molar-refractivity contribution in [2.75, 3.05) is 0 Å². The summed E-state index contributed by atoms with van der Waals surface area (Å²) < 4.78 is 13.5. The summed E-state index contributed by atoms with van der Waals surface area (Å²) in [5.41, 5.74) is 0.102. The molecule has 2 heterocycles. The molecule has 0 radical (unpaired) electrons. The van der Waals surface area contributed by atoms with Gasteiger partial charge < -0.3 is 19.0 Å². The van der Waals surface area contributed by atoms with Gasteiger partial charge in [0.05, 0.1) is 16.8 Å². The van der Waals surface area contributed by atoms with Crippen molar-refractivity contribution in [1.29, 1.82) is 0 Å². The number of nitrogens with zero attached hydrogens (tertiary/aromatic N) is 1. The summed E-state index contributed by atoms with van der Waals surface area (Å²) in [5, 5.41) is 8.98. The van der Waals surface area contributed by atoms with E-state index in [0.717, 1.165) is 0 Å². The van der Waals surface area contributed by atoms with Gasteiger partial charge in [0.15, 0.2) is 0 Å². The molecule has 1 saturated heterocycles. The van der Waals surface area contributed by atoms with E-state index >= 15 is 0 Å². The molecule has 1 aromatic heterocycles. The SMILES string of the molecule is Cn1cc(C(=O)O)cc1B1OC(C)(C)C(C)(C)O1. The zero-order chi connectivity index (χ0) is 13.7. The van der Waals surface area contributed by atoms with Crippen LogP contribution in [0.1, 0.15) is 38.1 Å². The third-order valence-corrected chi connectivity index (χ3v) is 3.79. The van der Waals surface area contributed by atoms with Gasteiger partial charge in [0.25, 0.3) is 0 Å². The lowest BCUT2D eigenvalue weighted by molar-refractivity contribution is 0.00578. The molecular formula is C12H18BNO4. The molecule has 1 fully saturated rings. The highest BCUT2D eigenvalue weighted by Crippen LogP contribution is 2.36. The lowest BCUT2D eigenvalue weighted by atomic mass is 9.84. The van der Waals surface area contributed by atoms with Gasteiger partial charge in [-0.15, -0.1) is 0 Å². The molecule has 18 heavy (non-hydrogen) atoms. The third-order valence-electron chi connectivity index (χ3n) is 3.79. The summed E-state index contributed by atoms with van der Waals surface area (Å²) in [4.78, 5) is 10.9.